The standard InChI is InChI=1S/C13H22ClN3/c1-6-8-11-15-10(14)9-12(16-11)17(5)13(3,4)7-2/h9H,6-8H2,1-5H3. The summed E-state index contributed by atoms with van der Waals surface area (Å²) in [5.74, 6) is 1.73. The lowest BCUT2D eigenvalue weighted by molar-refractivity contribution is 0.466. The first-order valence-electron chi connectivity index (χ1n) is 6.18. The summed E-state index contributed by atoms with van der Waals surface area (Å²) in [5.41, 5.74) is 0.0706. The molecule has 0 bridgehead atoms. The summed E-state index contributed by atoms with van der Waals surface area (Å²) >= 11 is 6.05. The number of aryl methyl sites for hydroxylation is 1. The molecule has 0 aliphatic rings. The first-order chi connectivity index (χ1) is 7.90. The first kappa shape index (κ1) is 14.2. The molecular weight excluding hydrogens is 234 g/mol. The highest BCUT2D eigenvalue weighted by Crippen LogP contribution is 2.24. The SMILES string of the molecule is CCCc1nc(Cl)cc(N(C)C(C)(C)CC)n1. The Morgan fingerprint density at radius 3 is 2.47 bits per heavy atom. The molecule has 1 rings (SSSR count). The van der Waals surface area contributed by atoms with Crippen LogP contribution in [0.15, 0.2) is 6.07 Å². The largest absolute Gasteiger partial charge is 0.354 e. The van der Waals surface area contributed by atoms with E-state index in [9.17, 15) is 0 Å². The van der Waals surface area contributed by atoms with Gasteiger partial charge >= 0.3 is 0 Å². The average molecular weight is 256 g/mol. The van der Waals surface area contributed by atoms with Crippen LogP contribution >= 0.6 is 11.6 Å². The predicted octanol–water partition coefficient (Wildman–Crippen LogP) is 3.71. The van der Waals surface area contributed by atoms with Crippen LogP contribution in [0.25, 0.3) is 0 Å². The second-order valence-corrected chi connectivity index (χ2v) is 5.33. The van der Waals surface area contributed by atoms with Gasteiger partial charge in [-0.3, -0.25) is 0 Å². The van der Waals surface area contributed by atoms with Gasteiger partial charge < -0.3 is 4.90 Å². The van der Waals surface area contributed by atoms with E-state index in [0.717, 1.165) is 30.9 Å². The molecule has 1 aromatic heterocycles. The van der Waals surface area contributed by atoms with Crippen LogP contribution in [0.4, 0.5) is 5.82 Å². The van der Waals surface area contributed by atoms with Crippen molar-refractivity contribution in [1.29, 1.82) is 0 Å². The van der Waals surface area contributed by atoms with Gasteiger partial charge in [-0.15, -0.1) is 0 Å². The summed E-state index contributed by atoms with van der Waals surface area (Å²) in [6, 6.07) is 1.83. The minimum Gasteiger partial charge on any atom is -0.354 e. The quantitative estimate of drug-likeness (QED) is 0.751. The van der Waals surface area contributed by atoms with Crippen LogP contribution in [0.3, 0.4) is 0 Å². The third-order valence-corrected chi connectivity index (χ3v) is 3.51. The Morgan fingerprint density at radius 2 is 1.94 bits per heavy atom. The van der Waals surface area contributed by atoms with E-state index < -0.39 is 0 Å². The Kier molecular flexibility index (Phi) is 4.75. The molecule has 0 fully saturated rings. The van der Waals surface area contributed by atoms with Crippen molar-refractivity contribution in [2.24, 2.45) is 0 Å². The van der Waals surface area contributed by atoms with Crippen LogP contribution in [-0.2, 0) is 6.42 Å². The third-order valence-electron chi connectivity index (χ3n) is 3.32. The lowest BCUT2D eigenvalue weighted by Gasteiger charge is -2.35. The van der Waals surface area contributed by atoms with E-state index in [1.54, 1.807) is 0 Å². The van der Waals surface area contributed by atoms with E-state index in [-0.39, 0.29) is 5.54 Å². The molecule has 0 aliphatic heterocycles. The summed E-state index contributed by atoms with van der Waals surface area (Å²) in [6.45, 7) is 8.68. The summed E-state index contributed by atoms with van der Waals surface area (Å²) in [4.78, 5) is 11.0. The molecule has 1 heterocycles. The van der Waals surface area contributed by atoms with E-state index in [4.69, 9.17) is 11.6 Å². The Labute approximate surface area is 109 Å². The monoisotopic (exact) mass is 255 g/mol. The molecule has 17 heavy (non-hydrogen) atoms. The zero-order valence-corrected chi connectivity index (χ0v) is 12.2. The fourth-order valence-corrected chi connectivity index (χ4v) is 1.70. The van der Waals surface area contributed by atoms with Gasteiger partial charge in [-0.25, -0.2) is 9.97 Å². The van der Waals surface area contributed by atoms with Crippen molar-refractivity contribution in [1.82, 2.24) is 9.97 Å². The number of hydrogen-bond donors (Lipinski definition) is 0. The molecule has 1 aromatic rings. The predicted molar refractivity (Wildman–Crippen MR) is 73.8 cm³/mol. The summed E-state index contributed by atoms with van der Waals surface area (Å²) in [7, 11) is 2.05. The van der Waals surface area contributed by atoms with Crippen LogP contribution in [0.2, 0.25) is 5.15 Å². The van der Waals surface area contributed by atoms with Gasteiger partial charge in [0.15, 0.2) is 0 Å². The summed E-state index contributed by atoms with van der Waals surface area (Å²) in [6.07, 6.45) is 2.95. The molecule has 0 amide bonds. The van der Waals surface area contributed by atoms with Crippen LogP contribution < -0.4 is 4.90 Å². The Bertz CT molecular complexity index is 377. The van der Waals surface area contributed by atoms with Crippen LogP contribution in [0.1, 0.15) is 46.4 Å². The zero-order valence-electron chi connectivity index (χ0n) is 11.4. The van der Waals surface area contributed by atoms with E-state index >= 15 is 0 Å². The van der Waals surface area contributed by atoms with E-state index in [1.807, 2.05) is 6.07 Å². The van der Waals surface area contributed by atoms with E-state index in [1.165, 1.54) is 0 Å². The van der Waals surface area contributed by atoms with Gasteiger partial charge in [0.2, 0.25) is 0 Å². The van der Waals surface area contributed by atoms with E-state index in [0.29, 0.717) is 5.15 Å². The van der Waals surface area contributed by atoms with Crippen LogP contribution in [0, 0.1) is 0 Å². The highest BCUT2D eigenvalue weighted by Gasteiger charge is 2.23. The maximum atomic E-state index is 6.05. The molecule has 96 valence electrons. The van der Waals surface area contributed by atoms with Crippen LogP contribution in [0.5, 0.6) is 0 Å². The smallest absolute Gasteiger partial charge is 0.134 e. The molecule has 0 saturated carbocycles. The lowest BCUT2D eigenvalue weighted by Crippen LogP contribution is -2.41. The van der Waals surface area contributed by atoms with Gasteiger partial charge in [0, 0.05) is 25.1 Å². The molecule has 0 saturated heterocycles. The molecule has 0 radical (unpaired) electrons. The molecule has 0 aromatic carbocycles. The van der Waals surface area contributed by atoms with Gasteiger partial charge in [-0.2, -0.15) is 0 Å². The first-order valence-corrected chi connectivity index (χ1v) is 6.55. The highest BCUT2D eigenvalue weighted by molar-refractivity contribution is 6.29. The number of rotatable bonds is 5. The van der Waals surface area contributed by atoms with Gasteiger partial charge in [0.25, 0.3) is 0 Å². The molecule has 4 heteroatoms. The lowest BCUT2D eigenvalue weighted by atomic mass is 10.0. The van der Waals surface area contributed by atoms with E-state index in [2.05, 4.69) is 49.6 Å². The van der Waals surface area contributed by atoms with Gasteiger partial charge in [-0.1, -0.05) is 25.4 Å². The van der Waals surface area contributed by atoms with Gasteiger partial charge in [0.1, 0.15) is 16.8 Å². The minimum absolute atomic E-state index is 0.0706. The van der Waals surface area contributed by atoms with Crippen LogP contribution in [-0.4, -0.2) is 22.6 Å². The number of halogens is 1. The van der Waals surface area contributed by atoms with Crippen molar-refractivity contribution in [3.05, 3.63) is 17.0 Å². The third kappa shape index (κ3) is 3.56. The maximum Gasteiger partial charge on any atom is 0.134 e. The van der Waals surface area contributed by atoms with Gasteiger partial charge in [-0.05, 0) is 26.7 Å². The molecule has 0 aliphatic carbocycles. The fourth-order valence-electron chi connectivity index (χ4n) is 1.51. The normalized spacial score (nSPS) is 11.6. The van der Waals surface area contributed by atoms with Crippen molar-refractivity contribution in [3.63, 3.8) is 0 Å². The maximum absolute atomic E-state index is 6.05. The molecule has 0 atom stereocenters. The second-order valence-electron chi connectivity index (χ2n) is 4.94. The Balaban J connectivity index is 3.05. The summed E-state index contributed by atoms with van der Waals surface area (Å²) in [5, 5.41) is 0.525. The topological polar surface area (TPSA) is 29.0 Å². The van der Waals surface area contributed by atoms with Crippen molar-refractivity contribution >= 4 is 17.4 Å². The molecule has 0 unspecified atom stereocenters. The Hall–Kier alpha value is -0.830. The second kappa shape index (κ2) is 5.67. The molecule has 3 nitrogen and oxygen atoms in total. The van der Waals surface area contributed by atoms with Crippen molar-refractivity contribution in [3.8, 4) is 0 Å². The minimum atomic E-state index is 0.0706. The average Bonchev–Trinajstić information content (AvgIpc) is 2.27. The zero-order chi connectivity index (χ0) is 13.1. The van der Waals surface area contributed by atoms with Crippen molar-refractivity contribution < 1.29 is 0 Å². The fraction of sp³-hybridized carbons (Fsp3) is 0.692. The molecule has 0 N–H and O–H groups in total. The number of aromatic nitrogens is 2. The number of nitrogens with zero attached hydrogens (tertiary/aromatic N) is 3. The van der Waals surface area contributed by atoms with Crippen molar-refractivity contribution in [2.75, 3.05) is 11.9 Å². The van der Waals surface area contributed by atoms with Crippen molar-refractivity contribution in [2.45, 2.75) is 52.5 Å². The summed E-state index contributed by atoms with van der Waals surface area (Å²) < 4.78 is 0. The molecule has 0 spiro atoms. The number of anilines is 1. The van der Waals surface area contributed by atoms with Gasteiger partial charge in [0.05, 0.1) is 0 Å². The number of hydrogen-bond acceptors (Lipinski definition) is 3. The Morgan fingerprint density at radius 1 is 1.29 bits per heavy atom. The molecular formula is C13H22ClN3. The highest BCUT2D eigenvalue weighted by atomic mass is 35.5.